The van der Waals surface area contributed by atoms with Crippen LogP contribution >= 0.6 is 0 Å². The molecule has 5 unspecified atom stereocenters. The smallest absolute Gasteiger partial charge is 0.550 e. The molecule has 2 heterocycles. The van der Waals surface area contributed by atoms with Crippen LogP contribution in [0.1, 0.15) is 23.2 Å². The van der Waals surface area contributed by atoms with Crippen molar-refractivity contribution in [2.75, 3.05) is 18.4 Å². The Morgan fingerprint density at radius 1 is 1.23 bits per heavy atom. The Morgan fingerprint density at radius 2 is 1.91 bits per heavy atom. The van der Waals surface area contributed by atoms with Crippen LogP contribution in [0, 0.1) is 0 Å². The van der Waals surface area contributed by atoms with E-state index in [-0.39, 0.29) is 61.7 Å². The summed E-state index contributed by atoms with van der Waals surface area (Å²) in [6.07, 6.45) is -1.47. The molecule has 5 atom stereocenters. The molecule has 0 aliphatic carbocycles. The zero-order valence-electron chi connectivity index (χ0n) is 18.7. The average Bonchev–Trinajstić information content (AvgIpc) is 2.79. The van der Waals surface area contributed by atoms with Gasteiger partial charge in [-0.3, -0.25) is 30.8 Å². The van der Waals surface area contributed by atoms with Crippen LogP contribution in [-0.2, 0) is 19.2 Å². The summed E-state index contributed by atoms with van der Waals surface area (Å²) in [5, 5.41) is 35.7. The Kier molecular flexibility index (Phi) is 10.7. The topological polar surface area (TPSA) is 221 Å². The molecule has 15 heteroatoms. The molecule has 0 radical (unpaired) electrons. The number of nitrogens with one attached hydrogen (secondary N) is 5. The summed E-state index contributed by atoms with van der Waals surface area (Å²) in [4.78, 5) is 59.4. The number of benzene rings is 1. The number of nitrogens with zero attached hydrogens (tertiary/aromatic N) is 1. The molecule has 35 heavy (non-hydrogen) atoms. The van der Waals surface area contributed by atoms with Gasteiger partial charge in [0.25, 0.3) is 5.91 Å². The first-order chi connectivity index (χ1) is 16.2. The van der Waals surface area contributed by atoms with Crippen LogP contribution in [0.2, 0.25) is 0 Å². The Hall–Kier alpha value is -2.49. The molecule has 2 aliphatic heterocycles. The minimum absolute atomic E-state index is 0. The number of aliphatic carboxylic acids is 2. The van der Waals surface area contributed by atoms with Gasteiger partial charge in [-0.1, -0.05) is 0 Å². The molecule has 184 valence electrons. The molecule has 0 saturated carbocycles. The number of anilines is 1. The normalized spacial score (nSPS) is 24.1. The van der Waals surface area contributed by atoms with E-state index in [2.05, 4.69) is 26.6 Å². The van der Waals surface area contributed by atoms with E-state index >= 15 is 0 Å². The standard InChI is InChI=1S/C20H27N7O7.Ca/c21-20-25-16-15(18(32)26-20)27(9-28)12(8-23-16)7-22-11-3-1-10(2-4-11)17(31)24-13(19(33)34)5-6-14(29)30;/h1-4,9,12-13,15-16,20,22-23,25H,5-8,21H2,(H,24,31)(H,26,32)(H,29,30)(H,33,34);/q;+2/p-2. The number of rotatable bonds is 10. The summed E-state index contributed by atoms with van der Waals surface area (Å²) < 4.78 is 0. The summed E-state index contributed by atoms with van der Waals surface area (Å²) in [7, 11) is 0. The zero-order chi connectivity index (χ0) is 24.8. The average molecular weight is 516 g/mol. The number of amides is 3. The monoisotopic (exact) mass is 515 g/mol. The van der Waals surface area contributed by atoms with Crippen LogP contribution in [0.15, 0.2) is 24.3 Å². The number of fused-ring (bicyclic) bond motifs is 1. The van der Waals surface area contributed by atoms with Gasteiger partial charge >= 0.3 is 37.7 Å². The van der Waals surface area contributed by atoms with Crippen molar-refractivity contribution in [3.8, 4) is 0 Å². The number of carbonyl (C=O) groups is 5. The van der Waals surface area contributed by atoms with Gasteiger partial charge in [0.15, 0.2) is 0 Å². The van der Waals surface area contributed by atoms with E-state index < -0.39 is 48.8 Å². The van der Waals surface area contributed by atoms with Crippen LogP contribution in [0.25, 0.3) is 0 Å². The minimum atomic E-state index is -1.60. The molecule has 1 aromatic carbocycles. The van der Waals surface area contributed by atoms with Crippen LogP contribution < -0.4 is 42.5 Å². The van der Waals surface area contributed by atoms with Gasteiger partial charge in [0.1, 0.15) is 12.3 Å². The fourth-order valence-electron chi connectivity index (χ4n) is 3.85. The van der Waals surface area contributed by atoms with Gasteiger partial charge < -0.3 is 40.7 Å². The number of carboxylic acids is 2. The van der Waals surface area contributed by atoms with Gasteiger partial charge in [-0.15, -0.1) is 0 Å². The maximum Gasteiger partial charge on any atom is 2.00 e. The van der Waals surface area contributed by atoms with E-state index in [1.165, 1.54) is 17.0 Å². The number of nitrogens with two attached hydrogens (primary N) is 1. The number of carbonyl (C=O) groups excluding carboxylic acids is 5. The van der Waals surface area contributed by atoms with Crippen molar-refractivity contribution in [3.05, 3.63) is 29.8 Å². The molecule has 2 fully saturated rings. The molecule has 2 aliphatic rings. The molecule has 2 saturated heterocycles. The van der Waals surface area contributed by atoms with Crippen molar-refractivity contribution < 1.29 is 34.2 Å². The van der Waals surface area contributed by atoms with Crippen LogP contribution in [-0.4, -0.2) is 116 Å². The summed E-state index contributed by atoms with van der Waals surface area (Å²) in [5.41, 5.74) is 6.47. The summed E-state index contributed by atoms with van der Waals surface area (Å²) in [5.74, 6) is -4.11. The van der Waals surface area contributed by atoms with Gasteiger partial charge in [0, 0.05) is 30.3 Å². The molecular formula is C20H25CaN7O7. The second kappa shape index (κ2) is 13.0. The molecule has 0 bridgehead atoms. The second-order valence-electron chi connectivity index (χ2n) is 7.90. The molecule has 3 rings (SSSR count). The number of carboxylic acid groups (broad SMARTS) is 2. The second-order valence-corrected chi connectivity index (χ2v) is 7.90. The van der Waals surface area contributed by atoms with Gasteiger partial charge in [0.2, 0.25) is 12.3 Å². The molecular weight excluding hydrogens is 490 g/mol. The molecule has 14 nitrogen and oxygen atoms in total. The number of piperazine rings is 1. The van der Waals surface area contributed by atoms with Crippen LogP contribution in [0.5, 0.6) is 0 Å². The van der Waals surface area contributed by atoms with Gasteiger partial charge in [-0.2, -0.15) is 0 Å². The summed E-state index contributed by atoms with van der Waals surface area (Å²) >= 11 is 0. The zero-order valence-corrected chi connectivity index (χ0v) is 20.9. The number of hydrogen-bond donors (Lipinski definition) is 6. The molecule has 0 spiro atoms. The van der Waals surface area contributed by atoms with Crippen molar-refractivity contribution in [2.45, 2.75) is 43.4 Å². The number of hydrogen-bond acceptors (Lipinski definition) is 11. The Bertz CT molecular complexity index is 948. The van der Waals surface area contributed by atoms with Crippen molar-refractivity contribution in [1.82, 2.24) is 26.2 Å². The van der Waals surface area contributed by atoms with Crippen molar-refractivity contribution >= 4 is 73.6 Å². The summed E-state index contributed by atoms with van der Waals surface area (Å²) in [6, 6.07) is 3.49. The maximum atomic E-state index is 12.3. The Labute approximate surface area is 230 Å². The van der Waals surface area contributed by atoms with E-state index in [0.717, 1.165) is 0 Å². The predicted octanol–water partition coefficient (Wildman–Crippen LogP) is -5.82. The third-order valence-corrected chi connectivity index (χ3v) is 5.60. The largest absolute Gasteiger partial charge is 2.00 e. The first kappa shape index (κ1) is 28.7. The first-order valence-corrected chi connectivity index (χ1v) is 10.5. The van der Waals surface area contributed by atoms with E-state index in [4.69, 9.17) is 5.73 Å². The van der Waals surface area contributed by atoms with E-state index in [1.807, 2.05) is 0 Å². The summed E-state index contributed by atoms with van der Waals surface area (Å²) in [6.45, 7) is 0.701. The first-order valence-electron chi connectivity index (χ1n) is 10.5. The van der Waals surface area contributed by atoms with Gasteiger partial charge in [-0.05, 0) is 37.1 Å². The van der Waals surface area contributed by atoms with Gasteiger partial charge in [-0.25, -0.2) is 0 Å². The van der Waals surface area contributed by atoms with Crippen LogP contribution in [0.3, 0.4) is 0 Å². The van der Waals surface area contributed by atoms with Crippen LogP contribution in [0.4, 0.5) is 5.69 Å². The fourth-order valence-corrected chi connectivity index (χ4v) is 3.85. The quantitative estimate of drug-likeness (QED) is 0.127. The van der Waals surface area contributed by atoms with E-state index in [9.17, 15) is 34.2 Å². The molecule has 0 aromatic heterocycles. The Balaban J connectivity index is 0.00000432. The molecule has 3 amide bonds. The van der Waals surface area contributed by atoms with Gasteiger partial charge in [0.05, 0.1) is 24.2 Å². The van der Waals surface area contributed by atoms with Crippen molar-refractivity contribution in [2.24, 2.45) is 5.73 Å². The third kappa shape index (κ3) is 7.49. The Morgan fingerprint density at radius 3 is 2.51 bits per heavy atom. The van der Waals surface area contributed by atoms with E-state index in [1.54, 1.807) is 12.1 Å². The maximum absolute atomic E-state index is 12.3. The minimum Gasteiger partial charge on any atom is -0.550 e. The predicted molar refractivity (Wildman–Crippen MR) is 118 cm³/mol. The fraction of sp³-hybridized carbons (Fsp3) is 0.450. The molecule has 7 N–H and O–H groups in total. The third-order valence-electron chi connectivity index (χ3n) is 5.60. The van der Waals surface area contributed by atoms with E-state index in [0.29, 0.717) is 25.2 Å². The molecule has 1 aromatic rings. The van der Waals surface area contributed by atoms with Crippen molar-refractivity contribution in [3.63, 3.8) is 0 Å². The SMILES string of the molecule is NC1NC(=O)C2C(NCC(CNc3ccc(C(=O)NC(CCC(=O)[O-])C(=O)[O-])cc3)N2C=O)N1.[Ca+2]. The van der Waals surface area contributed by atoms with Crippen molar-refractivity contribution in [1.29, 1.82) is 0 Å².